The van der Waals surface area contributed by atoms with Gasteiger partial charge in [0.25, 0.3) is 0 Å². The zero-order valence-electron chi connectivity index (χ0n) is 8.73. The lowest BCUT2D eigenvalue weighted by molar-refractivity contribution is 0.355. The maximum atomic E-state index is 5.57. The number of benzene rings is 1. The van der Waals surface area contributed by atoms with Gasteiger partial charge in [-0.2, -0.15) is 4.98 Å². The molecule has 0 fully saturated rings. The highest BCUT2D eigenvalue weighted by molar-refractivity contribution is 6.27. The van der Waals surface area contributed by atoms with Crippen LogP contribution in [-0.2, 0) is 0 Å². The summed E-state index contributed by atoms with van der Waals surface area (Å²) in [7, 11) is 3.11. The van der Waals surface area contributed by atoms with Gasteiger partial charge in [0.1, 0.15) is 0 Å². The quantitative estimate of drug-likeness (QED) is 0.825. The normalized spacial score (nSPS) is 10.2. The summed E-state index contributed by atoms with van der Waals surface area (Å²) in [4.78, 5) is 3.92. The zero-order valence-corrected chi connectivity index (χ0v) is 9.49. The highest BCUT2D eigenvalue weighted by Gasteiger charge is 2.15. The van der Waals surface area contributed by atoms with Crippen LogP contribution in [0.15, 0.2) is 22.7 Å². The highest BCUT2D eigenvalue weighted by atomic mass is 35.5. The number of methoxy groups -OCH3 is 2. The Labute approximate surface area is 96.9 Å². The third-order valence-electron chi connectivity index (χ3n) is 2.05. The number of para-hydroxylation sites is 1. The lowest BCUT2D eigenvalue weighted by Gasteiger charge is -2.09. The first-order valence-corrected chi connectivity index (χ1v) is 4.84. The molecule has 6 heteroatoms. The zero-order chi connectivity index (χ0) is 11.5. The summed E-state index contributed by atoms with van der Waals surface area (Å²) in [6.07, 6.45) is 0. The minimum Gasteiger partial charge on any atom is -0.493 e. The van der Waals surface area contributed by atoms with E-state index >= 15 is 0 Å². The van der Waals surface area contributed by atoms with Crippen molar-refractivity contribution in [3.05, 3.63) is 23.5 Å². The average Bonchev–Trinajstić information content (AvgIpc) is 2.74. The smallest absolute Gasteiger partial charge is 0.320 e. The Morgan fingerprint density at radius 3 is 2.62 bits per heavy atom. The molecule has 0 amide bonds. The van der Waals surface area contributed by atoms with E-state index in [1.165, 1.54) is 0 Å². The topological polar surface area (TPSA) is 57.4 Å². The molecule has 1 aromatic carbocycles. The van der Waals surface area contributed by atoms with Crippen LogP contribution in [0.25, 0.3) is 11.4 Å². The Bertz CT molecular complexity index is 499. The van der Waals surface area contributed by atoms with Crippen molar-refractivity contribution in [3.63, 3.8) is 0 Å². The lowest BCUT2D eigenvalue weighted by atomic mass is 10.2. The Hall–Kier alpha value is -1.75. The van der Waals surface area contributed by atoms with Gasteiger partial charge in [0, 0.05) is 0 Å². The fraction of sp³-hybridized carbons (Fsp3) is 0.200. The summed E-state index contributed by atoms with van der Waals surface area (Å²) in [5.41, 5.74) is 0.664. The molecule has 0 radical (unpaired) electrons. The molecule has 2 aromatic rings. The summed E-state index contributed by atoms with van der Waals surface area (Å²) in [6.45, 7) is 0. The van der Waals surface area contributed by atoms with Crippen LogP contribution in [0.1, 0.15) is 0 Å². The maximum Gasteiger partial charge on any atom is 0.320 e. The second-order valence-electron chi connectivity index (χ2n) is 2.91. The predicted molar refractivity (Wildman–Crippen MR) is 57.8 cm³/mol. The molecule has 1 heterocycles. The van der Waals surface area contributed by atoms with E-state index < -0.39 is 0 Å². The van der Waals surface area contributed by atoms with Gasteiger partial charge in [-0.25, -0.2) is 0 Å². The van der Waals surface area contributed by atoms with Crippen molar-refractivity contribution >= 4 is 11.6 Å². The van der Waals surface area contributed by atoms with E-state index in [1.54, 1.807) is 32.4 Å². The average molecular weight is 241 g/mol. The molecule has 0 spiro atoms. The third kappa shape index (κ3) is 1.81. The molecule has 84 valence electrons. The number of halogens is 1. The van der Waals surface area contributed by atoms with Crippen LogP contribution in [0.2, 0.25) is 5.35 Å². The second-order valence-corrected chi connectivity index (χ2v) is 3.24. The SMILES string of the molecule is COc1cccc(-c2noc(Cl)n2)c1OC. The Kier molecular flexibility index (Phi) is 2.96. The maximum absolute atomic E-state index is 5.57. The molecular weight excluding hydrogens is 232 g/mol. The molecule has 0 aliphatic heterocycles. The molecule has 0 unspecified atom stereocenters. The predicted octanol–water partition coefficient (Wildman–Crippen LogP) is 2.41. The molecule has 16 heavy (non-hydrogen) atoms. The minimum atomic E-state index is -0.0140. The third-order valence-corrected chi connectivity index (χ3v) is 2.20. The molecule has 0 bridgehead atoms. The summed E-state index contributed by atoms with van der Waals surface area (Å²) in [6, 6.07) is 5.38. The van der Waals surface area contributed by atoms with Gasteiger partial charge in [0.2, 0.25) is 5.82 Å². The summed E-state index contributed by atoms with van der Waals surface area (Å²) >= 11 is 5.57. The van der Waals surface area contributed by atoms with Gasteiger partial charge in [-0.05, 0) is 23.7 Å². The highest BCUT2D eigenvalue weighted by Crippen LogP contribution is 2.36. The number of hydrogen-bond acceptors (Lipinski definition) is 5. The van der Waals surface area contributed by atoms with Gasteiger partial charge in [0.05, 0.1) is 19.8 Å². The first kappa shape index (κ1) is 10.8. The molecule has 2 rings (SSSR count). The van der Waals surface area contributed by atoms with Crippen molar-refractivity contribution in [3.8, 4) is 22.9 Å². The van der Waals surface area contributed by atoms with Crippen molar-refractivity contribution in [1.82, 2.24) is 10.1 Å². The first-order valence-electron chi connectivity index (χ1n) is 4.47. The molecule has 0 saturated heterocycles. The van der Waals surface area contributed by atoms with Crippen molar-refractivity contribution in [2.24, 2.45) is 0 Å². The molecule has 0 aliphatic carbocycles. The van der Waals surface area contributed by atoms with Crippen LogP contribution in [0.5, 0.6) is 11.5 Å². The molecule has 1 aromatic heterocycles. The van der Waals surface area contributed by atoms with E-state index in [2.05, 4.69) is 10.1 Å². The number of hydrogen-bond donors (Lipinski definition) is 0. The van der Waals surface area contributed by atoms with E-state index in [1.807, 2.05) is 0 Å². The van der Waals surface area contributed by atoms with Crippen LogP contribution < -0.4 is 9.47 Å². The first-order chi connectivity index (χ1) is 7.76. The number of aromatic nitrogens is 2. The Morgan fingerprint density at radius 2 is 2.06 bits per heavy atom. The van der Waals surface area contributed by atoms with Gasteiger partial charge in [-0.15, -0.1) is 0 Å². The monoisotopic (exact) mass is 240 g/mol. The van der Waals surface area contributed by atoms with Gasteiger partial charge < -0.3 is 14.0 Å². The fourth-order valence-corrected chi connectivity index (χ4v) is 1.49. The minimum absolute atomic E-state index is 0.0140. The van der Waals surface area contributed by atoms with Crippen molar-refractivity contribution in [1.29, 1.82) is 0 Å². The van der Waals surface area contributed by atoms with E-state index in [4.69, 9.17) is 25.6 Å². The Morgan fingerprint density at radius 1 is 1.25 bits per heavy atom. The molecule has 0 aliphatic rings. The fourth-order valence-electron chi connectivity index (χ4n) is 1.38. The second kappa shape index (κ2) is 4.40. The summed E-state index contributed by atoms with van der Waals surface area (Å²) < 4.78 is 15.1. The van der Waals surface area contributed by atoms with Gasteiger partial charge in [-0.3, -0.25) is 0 Å². The van der Waals surface area contributed by atoms with E-state index in [-0.39, 0.29) is 5.35 Å². The van der Waals surface area contributed by atoms with E-state index in [0.717, 1.165) is 0 Å². The van der Waals surface area contributed by atoms with Crippen molar-refractivity contribution < 1.29 is 14.0 Å². The van der Waals surface area contributed by atoms with Crippen LogP contribution in [0, 0.1) is 0 Å². The standard InChI is InChI=1S/C10H9ClN2O3/c1-14-7-5-3-4-6(8(7)15-2)9-12-10(11)16-13-9/h3-5H,1-2H3. The molecular formula is C10H9ClN2O3. The number of nitrogens with zero attached hydrogens (tertiary/aromatic N) is 2. The van der Waals surface area contributed by atoms with Crippen LogP contribution in [0.4, 0.5) is 0 Å². The van der Waals surface area contributed by atoms with Gasteiger partial charge in [-0.1, -0.05) is 11.2 Å². The van der Waals surface area contributed by atoms with Crippen LogP contribution in [0.3, 0.4) is 0 Å². The molecule has 0 saturated carbocycles. The van der Waals surface area contributed by atoms with Gasteiger partial charge >= 0.3 is 5.35 Å². The molecule has 0 atom stereocenters. The Balaban J connectivity index is 2.56. The lowest BCUT2D eigenvalue weighted by Crippen LogP contribution is -1.93. The van der Waals surface area contributed by atoms with Crippen LogP contribution in [-0.4, -0.2) is 24.4 Å². The number of rotatable bonds is 3. The summed E-state index contributed by atoms with van der Waals surface area (Å²) in [5.74, 6) is 1.50. The largest absolute Gasteiger partial charge is 0.493 e. The van der Waals surface area contributed by atoms with Gasteiger partial charge in [0.15, 0.2) is 11.5 Å². The number of ether oxygens (including phenoxy) is 2. The molecule has 0 N–H and O–H groups in total. The van der Waals surface area contributed by atoms with Crippen molar-refractivity contribution in [2.45, 2.75) is 0 Å². The summed E-state index contributed by atoms with van der Waals surface area (Å²) in [5, 5.41) is 3.70. The van der Waals surface area contributed by atoms with E-state index in [0.29, 0.717) is 22.9 Å². The van der Waals surface area contributed by atoms with Crippen LogP contribution >= 0.6 is 11.6 Å². The molecule has 5 nitrogen and oxygen atoms in total. The van der Waals surface area contributed by atoms with E-state index in [9.17, 15) is 0 Å². The van der Waals surface area contributed by atoms with Crippen molar-refractivity contribution in [2.75, 3.05) is 14.2 Å².